The minimum Gasteiger partial charge on any atom is -0.491 e. The first-order valence-electron chi connectivity index (χ1n) is 12.5. The minimum atomic E-state index is -0.805. The van der Waals surface area contributed by atoms with Crippen molar-refractivity contribution in [1.29, 1.82) is 0 Å². The molecule has 37 heavy (non-hydrogen) atoms. The molecule has 5 rings (SSSR count). The highest BCUT2D eigenvalue weighted by Crippen LogP contribution is 2.38. The number of aliphatic hydroxyl groups excluding tert-OH is 1. The summed E-state index contributed by atoms with van der Waals surface area (Å²) in [6.07, 6.45) is -0.805. The monoisotopic (exact) mass is 491 g/mol. The Kier molecular flexibility index (Phi) is 7.15. The molecule has 5 nitrogen and oxygen atoms in total. The summed E-state index contributed by atoms with van der Waals surface area (Å²) >= 11 is 0. The van der Waals surface area contributed by atoms with Crippen molar-refractivity contribution in [1.82, 2.24) is 4.90 Å². The van der Waals surface area contributed by atoms with E-state index in [0.29, 0.717) is 36.6 Å². The Bertz CT molecular complexity index is 1360. The summed E-state index contributed by atoms with van der Waals surface area (Å²) in [5.41, 5.74) is 4.41. The lowest BCUT2D eigenvalue weighted by Crippen LogP contribution is -2.33. The van der Waals surface area contributed by atoms with Crippen LogP contribution in [0.2, 0.25) is 0 Å². The maximum atomic E-state index is 13.5. The van der Waals surface area contributed by atoms with Crippen LogP contribution in [0, 0.1) is 0 Å². The number of carbonyl (C=O) groups excluding carboxylic acids is 2. The normalized spacial score (nSPS) is 13.9. The van der Waals surface area contributed by atoms with E-state index < -0.39 is 6.10 Å². The van der Waals surface area contributed by atoms with Crippen LogP contribution >= 0.6 is 0 Å². The smallest absolute Gasteiger partial charge is 0.255 e. The van der Waals surface area contributed by atoms with Crippen molar-refractivity contribution in [3.63, 3.8) is 0 Å². The van der Waals surface area contributed by atoms with Gasteiger partial charge in [0.2, 0.25) is 0 Å². The molecule has 1 atom stereocenters. The first-order valence-corrected chi connectivity index (χ1v) is 12.5. The van der Waals surface area contributed by atoms with E-state index >= 15 is 0 Å². The van der Waals surface area contributed by atoms with Crippen LogP contribution in [0.25, 0.3) is 0 Å². The van der Waals surface area contributed by atoms with Crippen LogP contribution in [0.15, 0.2) is 103 Å². The van der Waals surface area contributed by atoms with Gasteiger partial charge in [0.05, 0.1) is 18.2 Å². The van der Waals surface area contributed by atoms with Crippen molar-refractivity contribution in [3.05, 3.63) is 137 Å². The second-order valence-electron chi connectivity index (χ2n) is 9.29. The predicted molar refractivity (Wildman–Crippen MR) is 143 cm³/mol. The number of rotatable bonds is 6. The van der Waals surface area contributed by atoms with Gasteiger partial charge in [-0.3, -0.25) is 9.59 Å². The van der Waals surface area contributed by atoms with Crippen LogP contribution < -0.4 is 4.74 Å². The second kappa shape index (κ2) is 10.8. The molecular formula is C32H29NO4. The Labute approximate surface area is 217 Å². The average Bonchev–Trinajstić information content (AvgIpc) is 3.16. The van der Waals surface area contributed by atoms with Crippen LogP contribution in [0.3, 0.4) is 0 Å². The average molecular weight is 492 g/mol. The first kappa shape index (κ1) is 24.5. The zero-order valence-electron chi connectivity index (χ0n) is 20.7. The van der Waals surface area contributed by atoms with Crippen LogP contribution in [-0.2, 0) is 6.54 Å². The number of nitrogens with zero attached hydrogens (tertiary/aromatic N) is 1. The molecule has 0 unspecified atom stereocenters. The highest BCUT2D eigenvalue weighted by molar-refractivity contribution is 6.07. The Balaban J connectivity index is 1.47. The number of amides is 1. The van der Waals surface area contributed by atoms with E-state index in [1.807, 2.05) is 78.9 Å². The second-order valence-corrected chi connectivity index (χ2v) is 9.29. The third-order valence-corrected chi connectivity index (χ3v) is 6.86. The van der Waals surface area contributed by atoms with Crippen LogP contribution in [0.5, 0.6) is 5.75 Å². The molecule has 4 aromatic rings. The fourth-order valence-corrected chi connectivity index (χ4v) is 4.99. The fraction of sp³-hybridized carbons (Fsp3) is 0.188. The summed E-state index contributed by atoms with van der Waals surface area (Å²) in [5.74, 6) is 0.0859. The highest BCUT2D eigenvalue weighted by atomic mass is 16.5. The Morgan fingerprint density at radius 3 is 2.00 bits per heavy atom. The van der Waals surface area contributed by atoms with Crippen LogP contribution in [0.1, 0.15) is 61.9 Å². The third kappa shape index (κ3) is 5.18. The fourth-order valence-electron chi connectivity index (χ4n) is 4.99. The number of fused-ring (bicyclic) bond motifs is 1. The number of aliphatic hydroxyl groups is 1. The maximum absolute atomic E-state index is 13.5. The number of carbonyl (C=O) groups is 2. The molecule has 0 fully saturated rings. The molecule has 5 heteroatoms. The molecule has 0 saturated carbocycles. The summed E-state index contributed by atoms with van der Waals surface area (Å²) in [4.78, 5) is 27.3. The molecule has 0 aromatic heterocycles. The molecule has 1 aliphatic heterocycles. The van der Waals surface area contributed by atoms with E-state index in [9.17, 15) is 14.7 Å². The lowest BCUT2D eigenvalue weighted by atomic mass is 9.83. The largest absolute Gasteiger partial charge is 0.491 e. The van der Waals surface area contributed by atoms with Gasteiger partial charge in [0.15, 0.2) is 5.78 Å². The molecule has 1 heterocycles. The van der Waals surface area contributed by atoms with E-state index in [0.717, 1.165) is 22.3 Å². The number of hydrogen-bond donors (Lipinski definition) is 1. The Morgan fingerprint density at radius 1 is 0.784 bits per heavy atom. The highest BCUT2D eigenvalue weighted by Gasteiger charge is 2.28. The van der Waals surface area contributed by atoms with Gasteiger partial charge in [-0.05, 0) is 41.8 Å². The van der Waals surface area contributed by atoms with Gasteiger partial charge in [-0.25, -0.2) is 0 Å². The third-order valence-electron chi connectivity index (χ3n) is 6.86. The van der Waals surface area contributed by atoms with Gasteiger partial charge in [0.1, 0.15) is 12.4 Å². The van der Waals surface area contributed by atoms with Crippen molar-refractivity contribution in [2.75, 3.05) is 13.2 Å². The van der Waals surface area contributed by atoms with Gasteiger partial charge in [0, 0.05) is 23.6 Å². The van der Waals surface area contributed by atoms with Gasteiger partial charge in [-0.15, -0.1) is 0 Å². The van der Waals surface area contributed by atoms with Crippen molar-refractivity contribution in [2.24, 2.45) is 0 Å². The lowest BCUT2D eigenvalue weighted by molar-refractivity contribution is 0.0729. The lowest BCUT2D eigenvalue weighted by Gasteiger charge is -2.25. The van der Waals surface area contributed by atoms with Crippen molar-refractivity contribution < 1.29 is 19.4 Å². The van der Waals surface area contributed by atoms with E-state index in [1.54, 1.807) is 29.2 Å². The van der Waals surface area contributed by atoms with Crippen molar-refractivity contribution in [3.8, 4) is 5.75 Å². The Morgan fingerprint density at radius 2 is 1.38 bits per heavy atom. The molecule has 1 amide bonds. The van der Waals surface area contributed by atoms with E-state index in [1.165, 1.54) is 6.92 Å². The van der Waals surface area contributed by atoms with E-state index in [4.69, 9.17) is 4.74 Å². The number of benzene rings is 4. The quantitative estimate of drug-likeness (QED) is 0.347. The predicted octanol–water partition coefficient (Wildman–Crippen LogP) is 5.79. The van der Waals surface area contributed by atoms with Gasteiger partial charge in [-0.1, -0.05) is 84.9 Å². The molecule has 0 aliphatic carbocycles. The zero-order chi connectivity index (χ0) is 25.8. The topological polar surface area (TPSA) is 66.8 Å². The molecule has 1 N–H and O–H groups in total. The summed E-state index contributed by atoms with van der Waals surface area (Å²) in [7, 11) is 0. The number of ketones is 1. The number of Topliss-reactive ketones (excluding diaryl/α,β-unsaturated/α-hetero) is 1. The molecule has 0 spiro atoms. The molecule has 186 valence electrons. The molecule has 1 aliphatic rings. The zero-order valence-corrected chi connectivity index (χ0v) is 20.7. The number of ether oxygens (including phenoxy) is 1. The summed E-state index contributed by atoms with van der Waals surface area (Å²) in [6.45, 7) is 2.53. The molecule has 4 aromatic carbocycles. The van der Waals surface area contributed by atoms with E-state index in [2.05, 4.69) is 0 Å². The molecule has 0 saturated heterocycles. The maximum Gasteiger partial charge on any atom is 0.255 e. The van der Waals surface area contributed by atoms with Gasteiger partial charge < -0.3 is 14.7 Å². The van der Waals surface area contributed by atoms with Gasteiger partial charge >= 0.3 is 0 Å². The molecular weight excluding hydrogens is 462 g/mol. The molecule has 0 radical (unpaired) electrons. The van der Waals surface area contributed by atoms with E-state index in [-0.39, 0.29) is 17.6 Å². The first-order chi connectivity index (χ1) is 18.0. The summed E-state index contributed by atoms with van der Waals surface area (Å²) in [6, 6.07) is 32.6. The van der Waals surface area contributed by atoms with Gasteiger partial charge in [-0.2, -0.15) is 0 Å². The van der Waals surface area contributed by atoms with Crippen molar-refractivity contribution >= 4 is 11.7 Å². The molecule has 0 bridgehead atoms. The summed E-state index contributed by atoms with van der Waals surface area (Å²) in [5, 5.41) is 11.7. The summed E-state index contributed by atoms with van der Waals surface area (Å²) < 4.78 is 5.96. The SMILES string of the molecule is CC(=O)c1ccccc1C(=O)N1CCOc2ccc([C@H](O)C(c3ccccc3)c3ccccc3)cc2C1. The van der Waals surface area contributed by atoms with Gasteiger partial charge in [0.25, 0.3) is 5.91 Å². The van der Waals surface area contributed by atoms with Crippen LogP contribution in [-0.4, -0.2) is 34.8 Å². The van der Waals surface area contributed by atoms with Crippen molar-refractivity contribution in [2.45, 2.75) is 25.5 Å². The minimum absolute atomic E-state index is 0.145. The number of hydrogen-bond acceptors (Lipinski definition) is 4. The standard InChI is InChI=1S/C32H29NO4/c1-22(34)27-14-8-9-15-28(27)32(36)33-18-19-37-29-17-16-25(20-26(29)21-33)31(35)30(23-10-4-2-5-11-23)24-12-6-3-7-13-24/h2-17,20,30-31,35H,18-19,21H2,1H3/t31-/m0/s1. The Hall–Kier alpha value is -4.22. The van der Waals surface area contributed by atoms with Crippen LogP contribution in [0.4, 0.5) is 0 Å².